The second kappa shape index (κ2) is 5.50. The molecule has 0 unspecified atom stereocenters. The van der Waals surface area contributed by atoms with Gasteiger partial charge in [0.25, 0.3) is 5.91 Å². The maximum Gasteiger partial charge on any atom is 0.255 e. The molecule has 92 valence electrons. The van der Waals surface area contributed by atoms with Crippen molar-refractivity contribution in [2.45, 2.75) is 20.3 Å². The number of hydrogen-bond acceptors (Lipinski definition) is 1. The van der Waals surface area contributed by atoms with Crippen LogP contribution in [0.1, 0.15) is 28.4 Å². The standard InChI is InChI=1S/C16H17NO/c1-3-13-8-6-9-14(11-13)17-16(18)15-10-5-4-7-12(15)2/h4-11H,3H2,1-2H3,(H,17,18). The summed E-state index contributed by atoms with van der Waals surface area (Å²) in [6.07, 6.45) is 0.966. The maximum atomic E-state index is 12.1. The lowest BCUT2D eigenvalue weighted by Gasteiger charge is -2.08. The Labute approximate surface area is 108 Å². The van der Waals surface area contributed by atoms with E-state index in [4.69, 9.17) is 0 Å². The van der Waals surface area contributed by atoms with Gasteiger partial charge in [-0.2, -0.15) is 0 Å². The Morgan fingerprint density at radius 2 is 1.89 bits per heavy atom. The minimum absolute atomic E-state index is 0.0543. The van der Waals surface area contributed by atoms with Gasteiger partial charge in [0.15, 0.2) is 0 Å². The molecule has 2 nitrogen and oxygen atoms in total. The van der Waals surface area contributed by atoms with E-state index in [1.54, 1.807) is 0 Å². The van der Waals surface area contributed by atoms with E-state index in [1.807, 2.05) is 49.4 Å². The smallest absolute Gasteiger partial charge is 0.255 e. The van der Waals surface area contributed by atoms with E-state index in [-0.39, 0.29) is 5.91 Å². The lowest BCUT2D eigenvalue weighted by atomic mass is 10.1. The average molecular weight is 239 g/mol. The predicted octanol–water partition coefficient (Wildman–Crippen LogP) is 3.81. The number of hydrogen-bond donors (Lipinski definition) is 1. The summed E-state index contributed by atoms with van der Waals surface area (Å²) < 4.78 is 0. The van der Waals surface area contributed by atoms with E-state index in [1.165, 1.54) is 5.56 Å². The largest absolute Gasteiger partial charge is 0.322 e. The van der Waals surface area contributed by atoms with Gasteiger partial charge in [-0.3, -0.25) is 4.79 Å². The average Bonchev–Trinajstić information content (AvgIpc) is 2.39. The third-order valence-corrected chi connectivity index (χ3v) is 2.98. The minimum atomic E-state index is -0.0543. The summed E-state index contributed by atoms with van der Waals surface area (Å²) in [7, 11) is 0. The zero-order chi connectivity index (χ0) is 13.0. The van der Waals surface area contributed by atoms with Crippen molar-refractivity contribution >= 4 is 11.6 Å². The third-order valence-electron chi connectivity index (χ3n) is 2.98. The van der Waals surface area contributed by atoms with Crippen LogP contribution in [0.25, 0.3) is 0 Å². The molecule has 2 aromatic carbocycles. The highest BCUT2D eigenvalue weighted by molar-refractivity contribution is 6.05. The highest BCUT2D eigenvalue weighted by Gasteiger charge is 2.08. The van der Waals surface area contributed by atoms with Crippen LogP contribution in [0.5, 0.6) is 0 Å². The Balaban J connectivity index is 2.19. The van der Waals surface area contributed by atoms with Crippen LogP contribution in [-0.2, 0) is 6.42 Å². The number of amides is 1. The fraction of sp³-hybridized carbons (Fsp3) is 0.188. The van der Waals surface area contributed by atoms with Gasteiger partial charge in [-0.15, -0.1) is 0 Å². The Bertz CT molecular complexity index is 561. The number of rotatable bonds is 3. The van der Waals surface area contributed by atoms with E-state index in [2.05, 4.69) is 18.3 Å². The molecular weight excluding hydrogens is 222 g/mol. The first-order chi connectivity index (χ1) is 8.70. The summed E-state index contributed by atoms with van der Waals surface area (Å²) >= 11 is 0. The van der Waals surface area contributed by atoms with Crippen LogP contribution in [0, 0.1) is 6.92 Å². The van der Waals surface area contributed by atoms with Gasteiger partial charge in [0.05, 0.1) is 0 Å². The summed E-state index contributed by atoms with van der Waals surface area (Å²) in [6.45, 7) is 4.04. The van der Waals surface area contributed by atoms with Crippen molar-refractivity contribution in [3.05, 3.63) is 65.2 Å². The molecule has 1 amide bonds. The molecule has 0 atom stereocenters. The van der Waals surface area contributed by atoms with Crippen molar-refractivity contribution in [1.29, 1.82) is 0 Å². The van der Waals surface area contributed by atoms with Crippen molar-refractivity contribution in [3.8, 4) is 0 Å². The lowest BCUT2D eigenvalue weighted by molar-refractivity contribution is 0.102. The molecule has 18 heavy (non-hydrogen) atoms. The SMILES string of the molecule is CCc1cccc(NC(=O)c2ccccc2C)c1. The number of aryl methyl sites for hydroxylation is 2. The van der Waals surface area contributed by atoms with Crippen molar-refractivity contribution < 1.29 is 4.79 Å². The third kappa shape index (κ3) is 2.77. The van der Waals surface area contributed by atoms with Crippen LogP contribution < -0.4 is 5.32 Å². The minimum Gasteiger partial charge on any atom is -0.322 e. The molecule has 0 spiro atoms. The molecule has 0 aliphatic carbocycles. The summed E-state index contributed by atoms with van der Waals surface area (Å²) in [4.78, 5) is 12.1. The van der Waals surface area contributed by atoms with Crippen LogP contribution in [0.2, 0.25) is 0 Å². The summed E-state index contributed by atoms with van der Waals surface area (Å²) in [6, 6.07) is 15.5. The van der Waals surface area contributed by atoms with E-state index in [9.17, 15) is 4.79 Å². The zero-order valence-electron chi connectivity index (χ0n) is 10.7. The van der Waals surface area contributed by atoms with Gasteiger partial charge in [0, 0.05) is 11.3 Å². The molecule has 0 heterocycles. The number of carbonyl (C=O) groups excluding carboxylic acids is 1. The molecule has 1 N–H and O–H groups in total. The fourth-order valence-electron chi connectivity index (χ4n) is 1.90. The van der Waals surface area contributed by atoms with Crippen molar-refractivity contribution in [2.75, 3.05) is 5.32 Å². The van der Waals surface area contributed by atoms with E-state index in [0.29, 0.717) is 0 Å². The molecule has 0 bridgehead atoms. The number of benzene rings is 2. The highest BCUT2D eigenvalue weighted by Crippen LogP contribution is 2.14. The second-order valence-corrected chi connectivity index (χ2v) is 4.32. The lowest BCUT2D eigenvalue weighted by Crippen LogP contribution is -2.13. The Hall–Kier alpha value is -2.09. The van der Waals surface area contributed by atoms with Crippen LogP contribution in [0.15, 0.2) is 48.5 Å². The Kier molecular flexibility index (Phi) is 3.78. The molecule has 0 saturated carbocycles. The van der Waals surface area contributed by atoms with Gasteiger partial charge in [-0.25, -0.2) is 0 Å². The molecule has 0 aromatic heterocycles. The van der Waals surface area contributed by atoms with Crippen LogP contribution in [-0.4, -0.2) is 5.91 Å². The van der Waals surface area contributed by atoms with Crippen LogP contribution in [0.3, 0.4) is 0 Å². The molecule has 0 aliphatic heterocycles. The second-order valence-electron chi connectivity index (χ2n) is 4.32. The van der Waals surface area contributed by atoms with Crippen molar-refractivity contribution in [2.24, 2.45) is 0 Å². The van der Waals surface area contributed by atoms with Crippen molar-refractivity contribution in [3.63, 3.8) is 0 Å². The van der Waals surface area contributed by atoms with E-state index < -0.39 is 0 Å². The van der Waals surface area contributed by atoms with Gasteiger partial charge in [-0.05, 0) is 42.7 Å². The molecule has 0 radical (unpaired) electrons. The molecular formula is C16H17NO. The molecule has 0 saturated heterocycles. The maximum absolute atomic E-state index is 12.1. The van der Waals surface area contributed by atoms with E-state index >= 15 is 0 Å². The van der Waals surface area contributed by atoms with Gasteiger partial charge < -0.3 is 5.32 Å². The highest BCUT2D eigenvalue weighted by atomic mass is 16.1. The predicted molar refractivity (Wildman–Crippen MR) is 75.0 cm³/mol. The molecule has 2 rings (SSSR count). The van der Waals surface area contributed by atoms with E-state index in [0.717, 1.165) is 23.2 Å². The van der Waals surface area contributed by atoms with Gasteiger partial charge >= 0.3 is 0 Å². The monoisotopic (exact) mass is 239 g/mol. The summed E-state index contributed by atoms with van der Waals surface area (Å²) in [5.74, 6) is -0.0543. The molecule has 0 aliphatic rings. The van der Waals surface area contributed by atoms with Crippen LogP contribution in [0.4, 0.5) is 5.69 Å². The summed E-state index contributed by atoms with van der Waals surface area (Å²) in [5, 5.41) is 2.93. The Morgan fingerprint density at radius 3 is 2.61 bits per heavy atom. The van der Waals surface area contributed by atoms with Gasteiger partial charge in [-0.1, -0.05) is 37.3 Å². The molecule has 2 heteroatoms. The zero-order valence-corrected chi connectivity index (χ0v) is 10.7. The number of nitrogens with one attached hydrogen (secondary N) is 1. The first-order valence-electron chi connectivity index (χ1n) is 6.16. The summed E-state index contributed by atoms with van der Waals surface area (Å²) in [5.41, 5.74) is 3.78. The number of carbonyl (C=O) groups is 1. The van der Waals surface area contributed by atoms with Gasteiger partial charge in [0.2, 0.25) is 0 Å². The molecule has 0 fully saturated rings. The van der Waals surface area contributed by atoms with Crippen LogP contribution >= 0.6 is 0 Å². The first kappa shape index (κ1) is 12.4. The quantitative estimate of drug-likeness (QED) is 0.867. The van der Waals surface area contributed by atoms with Gasteiger partial charge in [0.1, 0.15) is 0 Å². The molecule has 2 aromatic rings. The Morgan fingerprint density at radius 1 is 1.11 bits per heavy atom. The first-order valence-corrected chi connectivity index (χ1v) is 6.16. The normalized spacial score (nSPS) is 10.1. The fourth-order valence-corrected chi connectivity index (χ4v) is 1.90. The number of anilines is 1. The topological polar surface area (TPSA) is 29.1 Å². The van der Waals surface area contributed by atoms with Crippen molar-refractivity contribution in [1.82, 2.24) is 0 Å².